The molecule has 2 aliphatic heterocycles. The van der Waals surface area contributed by atoms with Crippen molar-refractivity contribution >= 4 is 17.3 Å². The number of piperazine rings is 1. The minimum atomic E-state index is 0.480. The molecule has 36 heavy (non-hydrogen) atoms. The third kappa shape index (κ3) is 5.75. The van der Waals surface area contributed by atoms with Crippen LogP contribution >= 0.6 is 0 Å². The van der Waals surface area contributed by atoms with Crippen molar-refractivity contribution < 1.29 is 14.2 Å². The van der Waals surface area contributed by atoms with Crippen LogP contribution in [0.15, 0.2) is 54.9 Å². The van der Waals surface area contributed by atoms with E-state index in [-0.39, 0.29) is 0 Å². The number of hydrogen-bond donors (Lipinski definition) is 1. The lowest BCUT2D eigenvalue weighted by atomic mass is 10.1. The molecule has 6 bridgehead atoms. The highest BCUT2D eigenvalue weighted by Gasteiger charge is 2.18. The number of rotatable bonds is 2. The zero-order valence-electron chi connectivity index (χ0n) is 20.8. The summed E-state index contributed by atoms with van der Waals surface area (Å²) < 4.78 is 17.4. The van der Waals surface area contributed by atoms with Gasteiger partial charge < -0.3 is 29.3 Å². The fourth-order valence-electron chi connectivity index (χ4n) is 4.34. The van der Waals surface area contributed by atoms with Gasteiger partial charge in [-0.1, -0.05) is 12.2 Å². The molecule has 0 aliphatic carbocycles. The number of pyridine rings is 1. The van der Waals surface area contributed by atoms with Gasteiger partial charge >= 0.3 is 0 Å². The fourth-order valence-corrected chi connectivity index (χ4v) is 4.34. The van der Waals surface area contributed by atoms with Crippen molar-refractivity contribution in [3.05, 3.63) is 60.4 Å². The molecule has 4 heterocycles. The van der Waals surface area contributed by atoms with E-state index < -0.39 is 0 Å². The number of likely N-dealkylation sites (N-methyl/N-ethyl adjacent to an activating group) is 1. The summed E-state index contributed by atoms with van der Waals surface area (Å²) in [7, 11) is 3.78. The Morgan fingerprint density at radius 3 is 2.78 bits per heavy atom. The number of nitrogens with one attached hydrogen (secondary N) is 1. The van der Waals surface area contributed by atoms with Crippen molar-refractivity contribution in [1.29, 1.82) is 0 Å². The van der Waals surface area contributed by atoms with E-state index in [0.29, 0.717) is 43.1 Å². The molecule has 0 radical (unpaired) electrons. The van der Waals surface area contributed by atoms with Gasteiger partial charge in [0.15, 0.2) is 5.75 Å². The van der Waals surface area contributed by atoms with Crippen molar-refractivity contribution in [1.82, 2.24) is 19.9 Å². The first-order valence-corrected chi connectivity index (χ1v) is 12.3. The summed E-state index contributed by atoms with van der Waals surface area (Å²) in [5.74, 6) is 1.60. The first-order valence-electron chi connectivity index (χ1n) is 12.3. The third-order valence-electron chi connectivity index (χ3n) is 6.34. The van der Waals surface area contributed by atoms with E-state index in [2.05, 4.69) is 56.4 Å². The van der Waals surface area contributed by atoms with Gasteiger partial charge in [-0.25, -0.2) is 15.0 Å². The molecule has 3 aromatic rings. The minimum Gasteiger partial charge on any atom is -0.493 e. The van der Waals surface area contributed by atoms with Crippen LogP contribution in [-0.4, -0.2) is 73.4 Å². The van der Waals surface area contributed by atoms with Gasteiger partial charge in [0.1, 0.15) is 5.69 Å². The molecular formula is C27H32N6O3. The molecule has 0 saturated carbocycles. The van der Waals surface area contributed by atoms with Crippen molar-refractivity contribution in [3.63, 3.8) is 0 Å². The van der Waals surface area contributed by atoms with Crippen LogP contribution in [-0.2, 0) is 11.3 Å². The average Bonchev–Trinajstić information content (AvgIpc) is 2.90. The lowest BCUT2D eigenvalue weighted by Gasteiger charge is -2.35. The van der Waals surface area contributed by atoms with Crippen molar-refractivity contribution in [2.24, 2.45) is 0 Å². The highest BCUT2D eigenvalue weighted by Crippen LogP contribution is 2.32. The predicted molar refractivity (Wildman–Crippen MR) is 140 cm³/mol. The molecule has 0 unspecified atom stereocenters. The molecule has 0 spiro atoms. The summed E-state index contributed by atoms with van der Waals surface area (Å²) in [5, 5.41) is 3.36. The molecular weight excluding hydrogens is 456 g/mol. The van der Waals surface area contributed by atoms with Crippen LogP contribution in [0.25, 0.3) is 11.3 Å². The van der Waals surface area contributed by atoms with Crippen LogP contribution in [0.3, 0.4) is 0 Å². The first kappa shape index (κ1) is 24.0. The van der Waals surface area contributed by atoms with Crippen LogP contribution in [0, 0.1) is 0 Å². The standard InChI is InChI=1S/C27H32N6O3/c1-32-10-12-33(13-11-32)23-7-6-22-16-21(23)19-35-14-4-3-5-15-36-25-17-20(8-9-28-25)26-24(34-2)18-29-27(30-22)31-26/h3-4,6-9,16-18H,5,10-15,19H2,1-2H3,(H,29,30,31)/b4-3+. The maximum absolute atomic E-state index is 6.03. The van der Waals surface area contributed by atoms with E-state index in [4.69, 9.17) is 19.2 Å². The zero-order valence-corrected chi connectivity index (χ0v) is 20.8. The summed E-state index contributed by atoms with van der Waals surface area (Å²) >= 11 is 0. The number of hydrogen-bond acceptors (Lipinski definition) is 9. The highest BCUT2D eigenvalue weighted by atomic mass is 16.5. The Kier molecular flexibility index (Phi) is 7.58. The molecule has 9 nitrogen and oxygen atoms in total. The van der Waals surface area contributed by atoms with Crippen LogP contribution in [0.2, 0.25) is 0 Å². The molecule has 5 rings (SSSR count). The Morgan fingerprint density at radius 2 is 1.92 bits per heavy atom. The quantitative estimate of drug-likeness (QED) is 0.540. The van der Waals surface area contributed by atoms with Crippen LogP contribution < -0.4 is 19.7 Å². The summed E-state index contributed by atoms with van der Waals surface area (Å²) in [6, 6.07) is 10.1. The lowest BCUT2D eigenvalue weighted by Crippen LogP contribution is -2.44. The van der Waals surface area contributed by atoms with Gasteiger partial charge in [-0.15, -0.1) is 0 Å². The van der Waals surface area contributed by atoms with Crippen molar-refractivity contribution in [2.45, 2.75) is 13.0 Å². The van der Waals surface area contributed by atoms with Gasteiger partial charge in [0.05, 0.1) is 33.1 Å². The van der Waals surface area contributed by atoms with Gasteiger partial charge in [0, 0.05) is 60.9 Å². The Hall–Kier alpha value is -3.69. The molecule has 1 saturated heterocycles. The maximum Gasteiger partial charge on any atom is 0.227 e. The SMILES string of the molecule is COc1cnc2nc1-c1ccnc(c1)OCC/C=C/COCc1cc(ccc1N1CCN(C)CC1)N2. The Bertz CT molecular complexity index is 1210. The number of anilines is 3. The molecule has 2 aromatic heterocycles. The molecule has 1 fully saturated rings. The molecule has 188 valence electrons. The Morgan fingerprint density at radius 1 is 1.03 bits per heavy atom. The van der Waals surface area contributed by atoms with E-state index in [0.717, 1.165) is 49.4 Å². The minimum absolute atomic E-state index is 0.480. The predicted octanol–water partition coefficient (Wildman–Crippen LogP) is 3.90. The van der Waals surface area contributed by atoms with Crippen LogP contribution in [0.5, 0.6) is 11.6 Å². The number of fused-ring (bicyclic) bond motifs is 7. The number of benzene rings is 1. The van der Waals surface area contributed by atoms with Gasteiger partial charge in [-0.05, 0) is 37.7 Å². The van der Waals surface area contributed by atoms with Crippen molar-refractivity contribution in [2.75, 3.05) is 63.8 Å². The number of ether oxygens (including phenoxy) is 3. The first-order chi connectivity index (χ1) is 17.7. The molecule has 1 aromatic carbocycles. The second-order valence-corrected chi connectivity index (χ2v) is 8.88. The third-order valence-corrected chi connectivity index (χ3v) is 6.34. The summed E-state index contributed by atoms with van der Waals surface area (Å²) in [4.78, 5) is 18.4. The molecule has 0 atom stereocenters. The van der Waals surface area contributed by atoms with E-state index in [1.54, 1.807) is 19.5 Å². The number of nitrogens with zero attached hydrogens (tertiary/aromatic N) is 5. The number of aromatic nitrogens is 3. The Balaban J connectivity index is 1.49. The zero-order chi connectivity index (χ0) is 24.7. The van der Waals surface area contributed by atoms with Crippen molar-refractivity contribution in [3.8, 4) is 22.9 Å². The van der Waals surface area contributed by atoms with Crippen LogP contribution in [0.4, 0.5) is 17.3 Å². The Labute approximate surface area is 211 Å². The van der Waals surface area contributed by atoms with Gasteiger partial charge in [0.2, 0.25) is 11.8 Å². The normalized spacial score (nSPS) is 17.8. The largest absolute Gasteiger partial charge is 0.493 e. The molecule has 1 N–H and O–H groups in total. The fraction of sp³-hybridized carbons (Fsp3) is 0.370. The van der Waals surface area contributed by atoms with E-state index >= 15 is 0 Å². The molecule has 0 amide bonds. The van der Waals surface area contributed by atoms with E-state index in [1.807, 2.05) is 18.2 Å². The smallest absolute Gasteiger partial charge is 0.227 e. The second-order valence-electron chi connectivity index (χ2n) is 8.88. The highest BCUT2D eigenvalue weighted by molar-refractivity contribution is 5.69. The second kappa shape index (κ2) is 11.4. The number of methoxy groups -OCH3 is 1. The van der Waals surface area contributed by atoms with Gasteiger partial charge in [-0.3, -0.25) is 0 Å². The van der Waals surface area contributed by atoms with Gasteiger partial charge in [0.25, 0.3) is 0 Å². The molecule has 9 heteroatoms. The maximum atomic E-state index is 6.03. The lowest BCUT2D eigenvalue weighted by molar-refractivity contribution is 0.148. The van der Waals surface area contributed by atoms with Gasteiger partial charge in [-0.2, -0.15) is 0 Å². The van der Waals surface area contributed by atoms with Crippen LogP contribution in [0.1, 0.15) is 12.0 Å². The average molecular weight is 489 g/mol. The molecule has 2 aliphatic rings. The summed E-state index contributed by atoms with van der Waals surface area (Å²) in [5.41, 5.74) is 4.76. The topological polar surface area (TPSA) is 84.9 Å². The summed E-state index contributed by atoms with van der Waals surface area (Å²) in [6.07, 6.45) is 8.27. The van der Waals surface area contributed by atoms with E-state index in [9.17, 15) is 0 Å². The monoisotopic (exact) mass is 488 g/mol. The summed E-state index contributed by atoms with van der Waals surface area (Å²) in [6.45, 7) is 5.66. The van der Waals surface area contributed by atoms with E-state index in [1.165, 1.54) is 5.69 Å².